The summed E-state index contributed by atoms with van der Waals surface area (Å²) >= 11 is 11.8. The zero-order chi connectivity index (χ0) is 14.9. The van der Waals surface area contributed by atoms with Gasteiger partial charge in [0.05, 0.1) is 12.8 Å². The Morgan fingerprint density at radius 3 is 2.65 bits per heavy atom. The number of aromatic nitrogens is 2. The van der Waals surface area contributed by atoms with Crippen LogP contribution in [-0.4, -0.2) is 24.5 Å². The number of halogens is 3. The first-order chi connectivity index (χ1) is 9.26. The van der Waals surface area contributed by atoms with Crippen molar-refractivity contribution in [3.63, 3.8) is 0 Å². The van der Waals surface area contributed by atoms with Gasteiger partial charge in [-0.25, -0.2) is 12.8 Å². The van der Waals surface area contributed by atoms with Crippen LogP contribution < -0.4 is 4.72 Å². The molecule has 20 heavy (non-hydrogen) atoms. The van der Waals surface area contributed by atoms with Gasteiger partial charge in [0, 0.05) is 16.8 Å². The van der Waals surface area contributed by atoms with Crippen molar-refractivity contribution < 1.29 is 12.8 Å². The maximum absolute atomic E-state index is 13.6. The summed E-state index contributed by atoms with van der Waals surface area (Å²) in [5, 5.41) is 4.31. The molecule has 0 amide bonds. The van der Waals surface area contributed by atoms with Crippen LogP contribution in [0.2, 0.25) is 10.0 Å². The van der Waals surface area contributed by atoms with Gasteiger partial charge in [0.1, 0.15) is 10.8 Å². The third kappa shape index (κ3) is 3.62. The average Bonchev–Trinajstić information content (AvgIpc) is 2.62. The van der Waals surface area contributed by atoms with Crippen LogP contribution >= 0.6 is 23.2 Å². The molecule has 5 nitrogen and oxygen atoms in total. The highest BCUT2D eigenvalue weighted by Crippen LogP contribution is 2.24. The lowest BCUT2D eigenvalue weighted by atomic mass is 10.2. The van der Waals surface area contributed by atoms with Gasteiger partial charge >= 0.3 is 0 Å². The second-order valence-corrected chi connectivity index (χ2v) is 6.66. The summed E-state index contributed by atoms with van der Waals surface area (Å²) in [5.41, 5.74) is 0.249. The van der Waals surface area contributed by atoms with Gasteiger partial charge < -0.3 is 0 Å². The maximum Gasteiger partial charge on any atom is 0.231 e. The standard InChI is InChI=1S/C11H10Cl2FN3O2S/c1-20(18,19)16-11-9(13)6-17(15-11)5-7-8(12)3-2-4-10(7)14/h2-4,6H,5H2,1H3,(H,15,16). The highest BCUT2D eigenvalue weighted by molar-refractivity contribution is 7.92. The SMILES string of the molecule is CS(=O)(=O)Nc1nn(Cc2c(F)cccc2Cl)cc1Cl. The predicted molar refractivity (Wildman–Crippen MR) is 76.2 cm³/mol. The van der Waals surface area contributed by atoms with Crippen LogP contribution in [0.15, 0.2) is 24.4 Å². The van der Waals surface area contributed by atoms with Crippen LogP contribution in [0, 0.1) is 5.82 Å². The third-order valence-corrected chi connectivity index (χ3v) is 3.58. The van der Waals surface area contributed by atoms with Gasteiger partial charge in [0.15, 0.2) is 5.82 Å². The number of benzene rings is 1. The smallest absolute Gasteiger partial charge is 0.231 e. The summed E-state index contributed by atoms with van der Waals surface area (Å²) in [7, 11) is -3.49. The Balaban J connectivity index is 2.30. The van der Waals surface area contributed by atoms with Crippen molar-refractivity contribution in [2.75, 3.05) is 11.0 Å². The van der Waals surface area contributed by atoms with E-state index >= 15 is 0 Å². The fourth-order valence-electron chi connectivity index (χ4n) is 1.57. The number of sulfonamides is 1. The number of hydrogen-bond acceptors (Lipinski definition) is 3. The summed E-state index contributed by atoms with van der Waals surface area (Å²) in [6, 6.07) is 4.33. The summed E-state index contributed by atoms with van der Waals surface area (Å²) in [5.74, 6) is -0.483. The van der Waals surface area contributed by atoms with E-state index in [9.17, 15) is 12.8 Å². The first kappa shape index (κ1) is 15.1. The minimum Gasteiger partial charge on any atom is -0.265 e. The Morgan fingerprint density at radius 2 is 2.05 bits per heavy atom. The van der Waals surface area contributed by atoms with E-state index in [4.69, 9.17) is 23.2 Å². The van der Waals surface area contributed by atoms with Crippen LogP contribution in [0.3, 0.4) is 0 Å². The van der Waals surface area contributed by atoms with Crippen molar-refractivity contribution in [3.8, 4) is 0 Å². The predicted octanol–water partition coefficient (Wildman–Crippen LogP) is 2.75. The highest BCUT2D eigenvalue weighted by Gasteiger charge is 2.13. The van der Waals surface area contributed by atoms with E-state index in [-0.39, 0.29) is 28.0 Å². The molecule has 0 saturated heterocycles. The van der Waals surface area contributed by atoms with E-state index in [1.807, 2.05) is 0 Å². The fourth-order valence-corrected chi connectivity index (χ4v) is 2.55. The maximum atomic E-state index is 13.6. The van der Waals surface area contributed by atoms with E-state index in [1.54, 1.807) is 6.07 Å². The lowest BCUT2D eigenvalue weighted by Crippen LogP contribution is -2.11. The number of hydrogen-bond donors (Lipinski definition) is 1. The van der Waals surface area contributed by atoms with Crippen molar-refractivity contribution >= 4 is 39.0 Å². The number of rotatable bonds is 4. The van der Waals surface area contributed by atoms with Crippen LogP contribution in [0.25, 0.3) is 0 Å². The molecule has 0 bridgehead atoms. The van der Waals surface area contributed by atoms with Gasteiger partial charge in [-0.15, -0.1) is 0 Å². The van der Waals surface area contributed by atoms with Gasteiger partial charge in [-0.05, 0) is 12.1 Å². The number of nitrogens with one attached hydrogen (secondary N) is 1. The van der Waals surface area contributed by atoms with Crippen molar-refractivity contribution in [1.82, 2.24) is 9.78 Å². The fraction of sp³-hybridized carbons (Fsp3) is 0.182. The first-order valence-electron chi connectivity index (χ1n) is 5.40. The lowest BCUT2D eigenvalue weighted by molar-refractivity contribution is 0.585. The second kappa shape index (κ2) is 5.59. The second-order valence-electron chi connectivity index (χ2n) is 4.10. The van der Waals surface area contributed by atoms with Gasteiger partial charge in [0.25, 0.3) is 0 Å². The van der Waals surface area contributed by atoms with Gasteiger partial charge in [-0.1, -0.05) is 29.3 Å². The molecule has 0 saturated carbocycles. The molecule has 1 N–H and O–H groups in total. The van der Waals surface area contributed by atoms with E-state index in [0.717, 1.165) is 6.26 Å². The third-order valence-electron chi connectivity index (χ3n) is 2.38. The van der Waals surface area contributed by atoms with Crippen molar-refractivity contribution in [2.45, 2.75) is 6.54 Å². The molecule has 0 unspecified atom stereocenters. The largest absolute Gasteiger partial charge is 0.265 e. The Hall–Kier alpha value is -1.31. The molecule has 1 heterocycles. The van der Waals surface area contributed by atoms with Crippen LogP contribution in [-0.2, 0) is 16.6 Å². The molecule has 0 fully saturated rings. The molecular formula is C11H10Cl2FN3O2S. The molecule has 9 heteroatoms. The van der Waals surface area contributed by atoms with E-state index in [2.05, 4.69) is 9.82 Å². The molecule has 0 aliphatic carbocycles. The molecular weight excluding hydrogens is 328 g/mol. The monoisotopic (exact) mass is 337 g/mol. The molecule has 1 aromatic heterocycles. The summed E-state index contributed by atoms with van der Waals surface area (Å²) < 4.78 is 39.4. The quantitative estimate of drug-likeness (QED) is 0.932. The molecule has 0 spiro atoms. The molecule has 0 aliphatic heterocycles. The Morgan fingerprint density at radius 1 is 1.35 bits per heavy atom. The lowest BCUT2D eigenvalue weighted by Gasteiger charge is -2.05. The molecule has 2 aromatic rings. The molecule has 2 rings (SSSR count). The number of nitrogens with zero attached hydrogens (tertiary/aromatic N) is 2. The Bertz CT molecular complexity index is 726. The van der Waals surface area contributed by atoms with Gasteiger partial charge in [-0.3, -0.25) is 9.40 Å². The zero-order valence-corrected chi connectivity index (χ0v) is 12.6. The van der Waals surface area contributed by atoms with E-state index in [1.165, 1.54) is 23.0 Å². The van der Waals surface area contributed by atoms with E-state index < -0.39 is 15.8 Å². The molecule has 0 radical (unpaired) electrons. The van der Waals surface area contributed by atoms with Crippen molar-refractivity contribution in [2.24, 2.45) is 0 Å². The number of anilines is 1. The molecule has 108 valence electrons. The van der Waals surface area contributed by atoms with Crippen LogP contribution in [0.4, 0.5) is 10.2 Å². The van der Waals surface area contributed by atoms with Crippen molar-refractivity contribution in [1.29, 1.82) is 0 Å². The summed E-state index contributed by atoms with van der Waals surface area (Å²) in [6.07, 6.45) is 2.37. The summed E-state index contributed by atoms with van der Waals surface area (Å²) in [6.45, 7) is 0.0384. The van der Waals surface area contributed by atoms with Crippen molar-refractivity contribution in [3.05, 3.63) is 45.8 Å². The topological polar surface area (TPSA) is 64.0 Å². The molecule has 0 aliphatic rings. The summed E-state index contributed by atoms with van der Waals surface area (Å²) in [4.78, 5) is 0. The minimum atomic E-state index is -3.49. The van der Waals surface area contributed by atoms with Gasteiger partial charge in [-0.2, -0.15) is 5.10 Å². The minimum absolute atomic E-state index is 0.0124. The average molecular weight is 338 g/mol. The Kier molecular flexibility index (Phi) is 4.22. The normalized spacial score (nSPS) is 11.6. The van der Waals surface area contributed by atoms with Crippen LogP contribution in [0.5, 0.6) is 0 Å². The highest BCUT2D eigenvalue weighted by atomic mass is 35.5. The van der Waals surface area contributed by atoms with Crippen LogP contribution in [0.1, 0.15) is 5.56 Å². The molecule has 0 atom stereocenters. The Labute approximate surface area is 125 Å². The van der Waals surface area contributed by atoms with E-state index in [0.29, 0.717) is 0 Å². The van der Waals surface area contributed by atoms with Gasteiger partial charge in [0.2, 0.25) is 10.0 Å². The zero-order valence-electron chi connectivity index (χ0n) is 10.3. The first-order valence-corrected chi connectivity index (χ1v) is 8.04. The molecule has 1 aromatic carbocycles.